The molecule has 100 valence electrons. The normalized spacial score (nSPS) is 12.2. The molecule has 19 heavy (non-hydrogen) atoms. The number of benzene rings is 2. The zero-order chi connectivity index (χ0) is 13.8. The van der Waals surface area contributed by atoms with Gasteiger partial charge in [0.25, 0.3) is 0 Å². The van der Waals surface area contributed by atoms with Gasteiger partial charge in [-0.3, -0.25) is 0 Å². The second kappa shape index (κ2) is 6.09. The quantitative estimate of drug-likeness (QED) is 0.912. The molecule has 1 atom stereocenters. The summed E-state index contributed by atoms with van der Waals surface area (Å²) >= 11 is 6.04. The third-order valence-electron chi connectivity index (χ3n) is 3.13. The van der Waals surface area contributed by atoms with Crippen molar-refractivity contribution in [2.75, 3.05) is 6.61 Å². The van der Waals surface area contributed by atoms with Crippen molar-refractivity contribution in [2.24, 2.45) is 5.73 Å². The van der Waals surface area contributed by atoms with Crippen molar-refractivity contribution in [3.63, 3.8) is 0 Å². The summed E-state index contributed by atoms with van der Waals surface area (Å²) in [7, 11) is 0. The average molecular weight is 276 g/mol. The highest BCUT2D eigenvalue weighted by atomic mass is 35.5. The van der Waals surface area contributed by atoms with Gasteiger partial charge in [-0.25, -0.2) is 0 Å². The van der Waals surface area contributed by atoms with E-state index in [4.69, 9.17) is 22.1 Å². The van der Waals surface area contributed by atoms with Crippen LogP contribution in [0.5, 0.6) is 5.75 Å². The van der Waals surface area contributed by atoms with Crippen LogP contribution in [0.1, 0.15) is 29.7 Å². The Morgan fingerprint density at radius 3 is 2.47 bits per heavy atom. The van der Waals surface area contributed by atoms with Crippen LogP contribution >= 0.6 is 11.6 Å². The van der Waals surface area contributed by atoms with Crippen LogP contribution in [0.15, 0.2) is 42.5 Å². The minimum Gasteiger partial charge on any atom is -0.494 e. The Hall–Kier alpha value is -1.51. The van der Waals surface area contributed by atoms with Gasteiger partial charge in [0.15, 0.2) is 0 Å². The van der Waals surface area contributed by atoms with Crippen LogP contribution in [0.25, 0.3) is 0 Å². The molecule has 2 aromatic carbocycles. The Labute approximate surface area is 119 Å². The van der Waals surface area contributed by atoms with Crippen LogP contribution in [0.2, 0.25) is 5.02 Å². The maximum atomic E-state index is 6.31. The summed E-state index contributed by atoms with van der Waals surface area (Å²) in [4.78, 5) is 0. The molecule has 0 aliphatic heterocycles. The number of hydrogen-bond acceptors (Lipinski definition) is 2. The van der Waals surface area contributed by atoms with Gasteiger partial charge in [0.05, 0.1) is 12.6 Å². The lowest BCUT2D eigenvalue weighted by molar-refractivity contribution is 0.340. The maximum absolute atomic E-state index is 6.31. The first-order valence-corrected chi connectivity index (χ1v) is 6.74. The molecule has 2 N–H and O–H groups in total. The first-order chi connectivity index (χ1) is 9.11. The Morgan fingerprint density at radius 2 is 1.84 bits per heavy atom. The van der Waals surface area contributed by atoms with Crippen LogP contribution in [-0.4, -0.2) is 6.61 Å². The van der Waals surface area contributed by atoms with Crippen molar-refractivity contribution < 1.29 is 4.74 Å². The first kappa shape index (κ1) is 13.9. The molecule has 0 amide bonds. The molecule has 0 spiro atoms. The van der Waals surface area contributed by atoms with Crippen molar-refractivity contribution in [3.05, 3.63) is 64.2 Å². The summed E-state index contributed by atoms with van der Waals surface area (Å²) in [5, 5.41) is 0.710. The predicted octanol–water partition coefficient (Wildman–Crippen LogP) is 4.10. The molecule has 0 saturated heterocycles. The first-order valence-electron chi connectivity index (χ1n) is 6.36. The number of rotatable bonds is 4. The predicted molar refractivity (Wildman–Crippen MR) is 79.8 cm³/mol. The minimum atomic E-state index is -0.172. The van der Waals surface area contributed by atoms with Crippen LogP contribution in [0.3, 0.4) is 0 Å². The lowest BCUT2D eigenvalue weighted by Gasteiger charge is -2.16. The van der Waals surface area contributed by atoms with Gasteiger partial charge in [-0.15, -0.1) is 0 Å². The van der Waals surface area contributed by atoms with E-state index in [1.54, 1.807) is 0 Å². The van der Waals surface area contributed by atoms with E-state index in [0.717, 1.165) is 22.4 Å². The number of aryl methyl sites for hydroxylation is 1. The van der Waals surface area contributed by atoms with E-state index in [2.05, 4.69) is 0 Å². The smallest absolute Gasteiger partial charge is 0.119 e. The third-order valence-corrected chi connectivity index (χ3v) is 3.36. The number of ether oxygens (including phenoxy) is 1. The Bertz CT molecular complexity index is 551. The Kier molecular flexibility index (Phi) is 4.46. The zero-order valence-corrected chi connectivity index (χ0v) is 11.9. The zero-order valence-electron chi connectivity index (χ0n) is 11.2. The molecule has 0 heterocycles. The molecule has 0 aliphatic carbocycles. The fourth-order valence-electron chi connectivity index (χ4n) is 2.06. The highest BCUT2D eigenvalue weighted by Gasteiger charge is 2.12. The molecular weight excluding hydrogens is 258 g/mol. The van der Waals surface area contributed by atoms with E-state index < -0.39 is 0 Å². The monoisotopic (exact) mass is 275 g/mol. The minimum absolute atomic E-state index is 0.172. The van der Waals surface area contributed by atoms with Crippen molar-refractivity contribution in [2.45, 2.75) is 19.9 Å². The molecule has 0 radical (unpaired) electrons. The van der Waals surface area contributed by atoms with E-state index in [-0.39, 0.29) is 6.04 Å². The molecular formula is C16H18ClNO. The molecule has 2 aromatic rings. The fourth-order valence-corrected chi connectivity index (χ4v) is 2.24. The lowest BCUT2D eigenvalue weighted by Crippen LogP contribution is -2.13. The Balaban J connectivity index is 2.27. The molecule has 1 unspecified atom stereocenters. The fraction of sp³-hybridized carbons (Fsp3) is 0.250. The van der Waals surface area contributed by atoms with Gasteiger partial charge < -0.3 is 10.5 Å². The van der Waals surface area contributed by atoms with E-state index >= 15 is 0 Å². The second-order valence-corrected chi connectivity index (χ2v) is 4.92. The largest absolute Gasteiger partial charge is 0.494 e. The molecule has 0 aliphatic rings. The van der Waals surface area contributed by atoms with Gasteiger partial charge in [-0.05, 0) is 54.8 Å². The molecule has 3 heteroatoms. The van der Waals surface area contributed by atoms with Crippen molar-refractivity contribution in [3.8, 4) is 5.75 Å². The summed E-state index contributed by atoms with van der Waals surface area (Å²) in [5.74, 6) is 0.862. The summed E-state index contributed by atoms with van der Waals surface area (Å²) < 4.78 is 5.43. The van der Waals surface area contributed by atoms with Crippen LogP contribution in [0, 0.1) is 6.92 Å². The number of hydrogen-bond donors (Lipinski definition) is 1. The summed E-state index contributed by atoms with van der Waals surface area (Å²) in [6.45, 7) is 4.67. The molecule has 0 aromatic heterocycles. The number of halogens is 1. The van der Waals surface area contributed by atoms with Gasteiger partial charge in [0, 0.05) is 5.02 Å². The van der Waals surface area contributed by atoms with Gasteiger partial charge in [0.1, 0.15) is 5.75 Å². The molecule has 2 rings (SSSR count). The van der Waals surface area contributed by atoms with Gasteiger partial charge >= 0.3 is 0 Å². The molecule has 0 saturated carbocycles. The van der Waals surface area contributed by atoms with E-state index in [1.165, 1.54) is 0 Å². The van der Waals surface area contributed by atoms with Crippen LogP contribution in [-0.2, 0) is 0 Å². The highest BCUT2D eigenvalue weighted by molar-refractivity contribution is 6.30. The highest BCUT2D eigenvalue weighted by Crippen LogP contribution is 2.26. The number of nitrogens with two attached hydrogens (primary N) is 1. The summed E-state index contributed by atoms with van der Waals surface area (Å²) in [6.07, 6.45) is 0. The standard InChI is InChI=1S/C16H18ClNO/c1-3-19-14-8-5-12(6-9-14)16(18)15-10-13(17)7-4-11(15)2/h4-10,16H,3,18H2,1-2H3. The topological polar surface area (TPSA) is 35.2 Å². The van der Waals surface area contributed by atoms with Gasteiger partial charge in [-0.1, -0.05) is 29.8 Å². The third kappa shape index (κ3) is 3.28. The van der Waals surface area contributed by atoms with Crippen LogP contribution < -0.4 is 10.5 Å². The Morgan fingerprint density at radius 1 is 1.16 bits per heavy atom. The van der Waals surface area contributed by atoms with E-state index in [0.29, 0.717) is 11.6 Å². The van der Waals surface area contributed by atoms with Crippen molar-refractivity contribution in [1.82, 2.24) is 0 Å². The molecule has 0 fully saturated rings. The molecule has 2 nitrogen and oxygen atoms in total. The van der Waals surface area contributed by atoms with Crippen molar-refractivity contribution in [1.29, 1.82) is 0 Å². The van der Waals surface area contributed by atoms with Gasteiger partial charge in [0.2, 0.25) is 0 Å². The SMILES string of the molecule is CCOc1ccc(C(N)c2cc(Cl)ccc2C)cc1. The summed E-state index contributed by atoms with van der Waals surface area (Å²) in [5.41, 5.74) is 9.56. The van der Waals surface area contributed by atoms with E-state index in [9.17, 15) is 0 Å². The average Bonchev–Trinajstić information content (AvgIpc) is 2.42. The van der Waals surface area contributed by atoms with E-state index in [1.807, 2.05) is 56.3 Å². The van der Waals surface area contributed by atoms with Crippen molar-refractivity contribution >= 4 is 11.6 Å². The summed E-state index contributed by atoms with van der Waals surface area (Å²) in [6, 6.07) is 13.5. The second-order valence-electron chi connectivity index (χ2n) is 4.48. The lowest BCUT2D eigenvalue weighted by atomic mass is 9.96. The van der Waals surface area contributed by atoms with Gasteiger partial charge in [-0.2, -0.15) is 0 Å². The molecule has 0 bridgehead atoms. The maximum Gasteiger partial charge on any atom is 0.119 e. The van der Waals surface area contributed by atoms with Crippen LogP contribution in [0.4, 0.5) is 0 Å².